The average molecular weight is 401 g/mol. The molecule has 0 aromatic heterocycles. The van der Waals surface area contributed by atoms with E-state index in [1.165, 1.54) is 0 Å². The van der Waals surface area contributed by atoms with Crippen molar-refractivity contribution < 1.29 is 14.4 Å². The predicted octanol–water partition coefficient (Wildman–Crippen LogP) is 2.69. The fraction of sp³-hybridized carbons (Fsp3) is 0.591. The van der Waals surface area contributed by atoms with Gasteiger partial charge in [-0.15, -0.1) is 0 Å². The van der Waals surface area contributed by atoms with E-state index in [-0.39, 0.29) is 29.7 Å². The summed E-state index contributed by atoms with van der Waals surface area (Å²) in [5, 5.41) is 5.59. The lowest BCUT2D eigenvalue weighted by atomic mass is 9.94. The third-order valence-corrected chi connectivity index (χ3v) is 5.82. The number of benzene rings is 1. The van der Waals surface area contributed by atoms with Crippen LogP contribution in [0, 0.1) is 11.8 Å². The van der Waals surface area contributed by atoms with Crippen molar-refractivity contribution in [3.05, 3.63) is 30.3 Å². The first-order valence-corrected chi connectivity index (χ1v) is 10.7. The van der Waals surface area contributed by atoms with Crippen molar-refractivity contribution in [2.24, 2.45) is 11.8 Å². The van der Waals surface area contributed by atoms with Gasteiger partial charge in [0.05, 0.1) is 0 Å². The van der Waals surface area contributed by atoms with Gasteiger partial charge in [0.1, 0.15) is 6.04 Å². The molecule has 4 amide bonds. The number of anilines is 1. The molecular formula is C22H32N4O3. The summed E-state index contributed by atoms with van der Waals surface area (Å²) in [5.74, 6) is 0.155. The van der Waals surface area contributed by atoms with E-state index in [0.717, 1.165) is 25.9 Å². The maximum atomic E-state index is 13.0. The average Bonchev–Trinajstić information content (AvgIpc) is 3.26. The number of nitrogens with one attached hydrogen (secondary N) is 2. The van der Waals surface area contributed by atoms with Gasteiger partial charge in [-0.25, -0.2) is 4.79 Å². The molecule has 0 radical (unpaired) electrons. The normalized spacial score (nSPS) is 18.6. The van der Waals surface area contributed by atoms with Crippen molar-refractivity contribution >= 4 is 23.5 Å². The van der Waals surface area contributed by atoms with Gasteiger partial charge in [-0.3, -0.25) is 9.59 Å². The number of nitrogens with zero attached hydrogens (tertiary/aromatic N) is 2. The van der Waals surface area contributed by atoms with Crippen LogP contribution < -0.4 is 10.6 Å². The van der Waals surface area contributed by atoms with Crippen LogP contribution in [-0.2, 0) is 9.59 Å². The highest BCUT2D eigenvalue weighted by atomic mass is 16.2. The number of hydrogen-bond acceptors (Lipinski definition) is 3. The Bertz CT molecular complexity index is 708. The van der Waals surface area contributed by atoms with Crippen LogP contribution in [0.15, 0.2) is 30.3 Å². The Labute approximate surface area is 172 Å². The van der Waals surface area contributed by atoms with Crippen LogP contribution in [-0.4, -0.2) is 59.9 Å². The van der Waals surface area contributed by atoms with E-state index in [1.807, 2.05) is 36.9 Å². The van der Waals surface area contributed by atoms with Gasteiger partial charge in [-0.1, -0.05) is 32.0 Å². The third kappa shape index (κ3) is 5.49. The minimum Gasteiger partial charge on any atom is -0.342 e. The lowest BCUT2D eigenvalue weighted by Crippen LogP contribution is -2.54. The van der Waals surface area contributed by atoms with E-state index in [4.69, 9.17) is 0 Å². The highest BCUT2D eigenvalue weighted by Gasteiger charge is 2.34. The molecule has 0 spiro atoms. The Kier molecular flexibility index (Phi) is 7.12. The molecule has 3 rings (SSSR count). The Morgan fingerprint density at radius 3 is 2.14 bits per heavy atom. The molecule has 1 atom stereocenters. The highest BCUT2D eigenvalue weighted by Crippen LogP contribution is 2.23. The number of carbonyl (C=O) groups is 3. The monoisotopic (exact) mass is 400 g/mol. The zero-order chi connectivity index (χ0) is 20.8. The van der Waals surface area contributed by atoms with Crippen LogP contribution in [0.2, 0.25) is 0 Å². The van der Waals surface area contributed by atoms with Crippen molar-refractivity contribution in [2.45, 2.75) is 45.6 Å². The number of carbonyl (C=O) groups excluding carboxylic acids is 3. The van der Waals surface area contributed by atoms with Gasteiger partial charge >= 0.3 is 6.03 Å². The molecule has 0 saturated carbocycles. The summed E-state index contributed by atoms with van der Waals surface area (Å²) in [4.78, 5) is 41.8. The predicted molar refractivity (Wildman–Crippen MR) is 112 cm³/mol. The molecule has 2 aliphatic rings. The standard InChI is InChI=1S/C22H32N4O3/c1-16(2)19(24-22(29)23-18-8-4-3-5-9-18)21(28)26-14-10-17(11-15-26)20(27)25-12-6-7-13-25/h3-5,8-9,16-17,19H,6-7,10-15H2,1-2H3,(H2,23,24,29). The van der Waals surface area contributed by atoms with Crippen molar-refractivity contribution in [3.63, 3.8) is 0 Å². The third-order valence-electron chi connectivity index (χ3n) is 5.82. The summed E-state index contributed by atoms with van der Waals surface area (Å²) >= 11 is 0. The second kappa shape index (κ2) is 9.76. The second-order valence-electron chi connectivity index (χ2n) is 8.32. The molecule has 0 bridgehead atoms. The van der Waals surface area contributed by atoms with Crippen molar-refractivity contribution in [2.75, 3.05) is 31.5 Å². The summed E-state index contributed by atoms with van der Waals surface area (Å²) in [6.45, 7) is 6.72. The van der Waals surface area contributed by atoms with Gasteiger partial charge in [0.2, 0.25) is 11.8 Å². The SMILES string of the molecule is CC(C)C(NC(=O)Nc1ccccc1)C(=O)N1CCC(C(=O)N2CCCC2)CC1. The summed E-state index contributed by atoms with van der Waals surface area (Å²) in [6.07, 6.45) is 3.58. The lowest BCUT2D eigenvalue weighted by Gasteiger charge is -2.36. The fourth-order valence-electron chi connectivity index (χ4n) is 4.08. The number of amides is 4. The summed E-state index contributed by atoms with van der Waals surface area (Å²) < 4.78 is 0. The van der Waals surface area contributed by atoms with Gasteiger partial charge in [0.15, 0.2) is 0 Å². The molecule has 0 aliphatic carbocycles. The molecule has 158 valence electrons. The van der Waals surface area contributed by atoms with Gasteiger partial charge < -0.3 is 20.4 Å². The molecule has 7 heteroatoms. The van der Waals surface area contributed by atoms with Gasteiger partial charge in [0.25, 0.3) is 0 Å². The summed E-state index contributed by atoms with van der Waals surface area (Å²) in [5.41, 5.74) is 0.682. The molecule has 29 heavy (non-hydrogen) atoms. The van der Waals surface area contributed by atoms with Crippen LogP contribution in [0.1, 0.15) is 39.5 Å². The molecule has 2 heterocycles. The van der Waals surface area contributed by atoms with E-state index >= 15 is 0 Å². The minimum atomic E-state index is -0.593. The van der Waals surface area contributed by atoms with E-state index < -0.39 is 6.04 Å². The van der Waals surface area contributed by atoms with Crippen LogP contribution >= 0.6 is 0 Å². The number of urea groups is 1. The first-order chi connectivity index (χ1) is 14.0. The number of likely N-dealkylation sites (tertiary alicyclic amines) is 2. The Morgan fingerprint density at radius 2 is 1.55 bits per heavy atom. The van der Waals surface area contributed by atoms with E-state index in [2.05, 4.69) is 10.6 Å². The number of hydrogen-bond donors (Lipinski definition) is 2. The zero-order valence-electron chi connectivity index (χ0n) is 17.4. The maximum Gasteiger partial charge on any atom is 0.319 e. The Balaban J connectivity index is 1.53. The molecule has 2 aliphatic heterocycles. The lowest BCUT2D eigenvalue weighted by molar-refractivity contribution is -0.141. The maximum absolute atomic E-state index is 13.0. The van der Waals surface area contributed by atoms with Crippen molar-refractivity contribution in [3.8, 4) is 0 Å². The second-order valence-corrected chi connectivity index (χ2v) is 8.32. The smallest absolute Gasteiger partial charge is 0.319 e. The Hall–Kier alpha value is -2.57. The van der Waals surface area contributed by atoms with Gasteiger partial charge in [-0.05, 0) is 43.7 Å². The number of piperidine rings is 1. The van der Waals surface area contributed by atoms with Crippen LogP contribution in [0.4, 0.5) is 10.5 Å². The number of para-hydroxylation sites is 1. The molecule has 2 saturated heterocycles. The van der Waals surface area contributed by atoms with Crippen molar-refractivity contribution in [1.29, 1.82) is 0 Å². The van der Waals surface area contributed by atoms with E-state index in [0.29, 0.717) is 31.6 Å². The van der Waals surface area contributed by atoms with E-state index in [1.54, 1.807) is 17.0 Å². The molecule has 1 aromatic rings. The van der Waals surface area contributed by atoms with E-state index in [9.17, 15) is 14.4 Å². The minimum absolute atomic E-state index is 0.0176. The molecule has 1 unspecified atom stereocenters. The first kappa shape index (κ1) is 21.1. The summed E-state index contributed by atoms with van der Waals surface area (Å²) in [7, 11) is 0. The number of rotatable bonds is 5. The molecule has 7 nitrogen and oxygen atoms in total. The largest absolute Gasteiger partial charge is 0.342 e. The van der Waals surface area contributed by atoms with Crippen LogP contribution in [0.3, 0.4) is 0 Å². The van der Waals surface area contributed by atoms with Gasteiger partial charge in [-0.2, -0.15) is 0 Å². The quantitative estimate of drug-likeness (QED) is 0.797. The van der Waals surface area contributed by atoms with Crippen LogP contribution in [0.25, 0.3) is 0 Å². The molecule has 2 fully saturated rings. The van der Waals surface area contributed by atoms with Crippen LogP contribution in [0.5, 0.6) is 0 Å². The highest BCUT2D eigenvalue weighted by molar-refractivity contribution is 5.94. The first-order valence-electron chi connectivity index (χ1n) is 10.7. The Morgan fingerprint density at radius 1 is 0.931 bits per heavy atom. The van der Waals surface area contributed by atoms with Gasteiger partial charge in [0, 0.05) is 37.8 Å². The molecular weight excluding hydrogens is 368 g/mol. The molecule has 2 N–H and O–H groups in total. The zero-order valence-corrected chi connectivity index (χ0v) is 17.4. The van der Waals surface area contributed by atoms with Crippen molar-refractivity contribution in [1.82, 2.24) is 15.1 Å². The summed E-state index contributed by atoms with van der Waals surface area (Å²) in [6, 6.07) is 8.18. The topological polar surface area (TPSA) is 81.8 Å². The molecule has 1 aromatic carbocycles. The fourth-order valence-corrected chi connectivity index (χ4v) is 4.08.